The quantitative estimate of drug-likeness (QED) is 0.916. The van der Waals surface area contributed by atoms with Gasteiger partial charge >= 0.3 is 6.03 Å². The second kappa shape index (κ2) is 6.22. The van der Waals surface area contributed by atoms with Gasteiger partial charge in [0.1, 0.15) is 0 Å². The number of aryl methyl sites for hydroxylation is 1. The molecular formula is C19H22N2O. The molecule has 2 atom stereocenters. The molecule has 2 amide bonds. The summed E-state index contributed by atoms with van der Waals surface area (Å²) in [6.45, 7) is 2.72. The zero-order valence-corrected chi connectivity index (χ0v) is 13.1. The van der Waals surface area contributed by atoms with Crippen LogP contribution in [0.1, 0.15) is 29.0 Å². The molecule has 0 aliphatic heterocycles. The summed E-state index contributed by atoms with van der Waals surface area (Å²) in [4.78, 5) is 14.1. The molecule has 0 heterocycles. The van der Waals surface area contributed by atoms with Crippen molar-refractivity contribution in [3.63, 3.8) is 0 Å². The van der Waals surface area contributed by atoms with Crippen LogP contribution >= 0.6 is 0 Å². The van der Waals surface area contributed by atoms with E-state index in [0.29, 0.717) is 12.5 Å². The Bertz CT molecular complexity index is 653. The van der Waals surface area contributed by atoms with Gasteiger partial charge in [-0.15, -0.1) is 0 Å². The van der Waals surface area contributed by atoms with Gasteiger partial charge < -0.3 is 10.2 Å². The molecule has 1 saturated carbocycles. The van der Waals surface area contributed by atoms with E-state index in [4.69, 9.17) is 0 Å². The third-order valence-corrected chi connectivity index (χ3v) is 4.34. The van der Waals surface area contributed by atoms with Gasteiger partial charge in [0.25, 0.3) is 0 Å². The summed E-state index contributed by atoms with van der Waals surface area (Å²) in [6, 6.07) is 18.9. The molecule has 3 heteroatoms. The summed E-state index contributed by atoms with van der Waals surface area (Å²) in [7, 11) is 1.85. The van der Waals surface area contributed by atoms with Gasteiger partial charge in [0, 0.05) is 25.6 Å². The zero-order chi connectivity index (χ0) is 15.5. The van der Waals surface area contributed by atoms with Crippen molar-refractivity contribution in [2.24, 2.45) is 0 Å². The molecule has 1 aliphatic carbocycles. The lowest BCUT2D eigenvalue weighted by molar-refractivity contribution is 0.206. The Morgan fingerprint density at radius 2 is 1.82 bits per heavy atom. The summed E-state index contributed by atoms with van der Waals surface area (Å²) in [6.07, 6.45) is 1.04. The van der Waals surface area contributed by atoms with Crippen LogP contribution in [0.15, 0.2) is 54.6 Å². The molecule has 0 radical (unpaired) electrons. The molecule has 2 unspecified atom stereocenters. The van der Waals surface area contributed by atoms with Crippen molar-refractivity contribution in [1.29, 1.82) is 0 Å². The second-order valence-electron chi connectivity index (χ2n) is 6.09. The van der Waals surface area contributed by atoms with Crippen LogP contribution in [-0.4, -0.2) is 24.0 Å². The van der Waals surface area contributed by atoms with E-state index in [-0.39, 0.29) is 12.1 Å². The number of benzene rings is 2. The summed E-state index contributed by atoms with van der Waals surface area (Å²) in [5, 5.41) is 3.13. The number of nitrogens with zero attached hydrogens (tertiary/aromatic N) is 1. The van der Waals surface area contributed by atoms with Crippen molar-refractivity contribution in [2.45, 2.75) is 31.8 Å². The van der Waals surface area contributed by atoms with Crippen molar-refractivity contribution < 1.29 is 4.79 Å². The van der Waals surface area contributed by atoms with Gasteiger partial charge in [0.15, 0.2) is 0 Å². The van der Waals surface area contributed by atoms with Crippen LogP contribution in [0.25, 0.3) is 0 Å². The maximum absolute atomic E-state index is 12.3. The smallest absolute Gasteiger partial charge is 0.317 e. The minimum Gasteiger partial charge on any atom is -0.335 e. The summed E-state index contributed by atoms with van der Waals surface area (Å²) in [5.41, 5.74) is 3.72. The number of carbonyl (C=O) groups is 1. The standard InChI is InChI=1S/C19H22N2O/c1-14-8-6-7-11-16(14)13-21(2)19(22)20-18-12-17(18)15-9-4-3-5-10-15/h3-11,17-18H,12-13H2,1-2H3,(H,20,22). The number of nitrogens with one attached hydrogen (secondary N) is 1. The Kier molecular flexibility index (Phi) is 4.14. The molecule has 3 nitrogen and oxygen atoms in total. The average Bonchev–Trinajstić information content (AvgIpc) is 3.29. The van der Waals surface area contributed by atoms with Crippen LogP contribution in [0.5, 0.6) is 0 Å². The third kappa shape index (κ3) is 3.30. The Labute approximate surface area is 132 Å². The Hall–Kier alpha value is -2.29. The number of carbonyl (C=O) groups excluding carboxylic acids is 1. The van der Waals surface area contributed by atoms with E-state index < -0.39 is 0 Å². The van der Waals surface area contributed by atoms with E-state index in [1.54, 1.807) is 4.90 Å². The van der Waals surface area contributed by atoms with E-state index in [2.05, 4.69) is 48.6 Å². The molecule has 1 N–H and O–H groups in total. The highest BCUT2D eigenvalue weighted by molar-refractivity contribution is 5.75. The Morgan fingerprint density at radius 3 is 2.55 bits per heavy atom. The second-order valence-corrected chi connectivity index (χ2v) is 6.09. The van der Waals surface area contributed by atoms with E-state index in [9.17, 15) is 4.79 Å². The number of amides is 2. The fourth-order valence-corrected chi connectivity index (χ4v) is 2.81. The Balaban J connectivity index is 1.54. The van der Waals surface area contributed by atoms with Crippen molar-refractivity contribution in [1.82, 2.24) is 10.2 Å². The number of hydrogen-bond donors (Lipinski definition) is 1. The summed E-state index contributed by atoms with van der Waals surface area (Å²) in [5.74, 6) is 0.469. The summed E-state index contributed by atoms with van der Waals surface area (Å²) < 4.78 is 0. The maximum Gasteiger partial charge on any atom is 0.317 e. The molecule has 22 heavy (non-hydrogen) atoms. The van der Waals surface area contributed by atoms with Crippen LogP contribution in [0.2, 0.25) is 0 Å². The van der Waals surface area contributed by atoms with Crippen molar-refractivity contribution >= 4 is 6.03 Å². The molecule has 1 aliphatic rings. The molecule has 114 valence electrons. The molecule has 2 aromatic carbocycles. The number of urea groups is 1. The van der Waals surface area contributed by atoms with Gasteiger partial charge in [-0.05, 0) is 30.0 Å². The SMILES string of the molecule is Cc1ccccc1CN(C)C(=O)NC1CC1c1ccccc1. The molecule has 1 fully saturated rings. The van der Waals surface area contributed by atoms with Gasteiger partial charge in [0.2, 0.25) is 0 Å². The minimum atomic E-state index is 0.00619. The molecule has 3 rings (SSSR count). The van der Waals surface area contributed by atoms with Gasteiger partial charge in [-0.2, -0.15) is 0 Å². The predicted octanol–water partition coefficient (Wildman–Crippen LogP) is 3.69. The fraction of sp³-hybridized carbons (Fsp3) is 0.316. The molecule has 0 aromatic heterocycles. The highest BCUT2D eigenvalue weighted by Gasteiger charge is 2.39. The maximum atomic E-state index is 12.3. The predicted molar refractivity (Wildman–Crippen MR) is 88.8 cm³/mol. The van der Waals surface area contributed by atoms with Gasteiger partial charge in [-0.1, -0.05) is 54.6 Å². The number of hydrogen-bond acceptors (Lipinski definition) is 1. The van der Waals surface area contributed by atoms with Crippen LogP contribution in [-0.2, 0) is 6.54 Å². The lowest BCUT2D eigenvalue weighted by atomic mass is 10.1. The van der Waals surface area contributed by atoms with Gasteiger partial charge in [0.05, 0.1) is 0 Å². The molecular weight excluding hydrogens is 272 g/mol. The van der Waals surface area contributed by atoms with E-state index >= 15 is 0 Å². The van der Waals surface area contributed by atoms with Crippen molar-refractivity contribution in [2.75, 3.05) is 7.05 Å². The first-order valence-electron chi connectivity index (χ1n) is 7.76. The zero-order valence-electron chi connectivity index (χ0n) is 13.1. The largest absolute Gasteiger partial charge is 0.335 e. The first-order chi connectivity index (χ1) is 10.6. The number of rotatable bonds is 4. The average molecular weight is 294 g/mol. The highest BCUT2D eigenvalue weighted by Crippen LogP contribution is 2.40. The van der Waals surface area contributed by atoms with Crippen LogP contribution in [0.4, 0.5) is 4.79 Å². The monoisotopic (exact) mass is 294 g/mol. The topological polar surface area (TPSA) is 32.3 Å². The fourth-order valence-electron chi connectivity index (χ4n) is 2.81. The van der Waals surface area contributed by atoms with Gasteiger partial charge in [-0.3, -0.25) is 0 Å². The van der Waals surface area contributed by atoms with E-state index in [1.807, 2.05) is 25.2 Å². The highest BCUT2D eigenvalue weighted by atomic mass is 16.2. The first kappa shape index (κ1) is 14.6. The first-order valence-corrected chi connectivity index (χ1v) is 7.76. The van der Waals surface area contributed by atoms with Crippen LogP contribution < -0.4 is 5.32 Å². The lowest BCUT2D eigenvalue weighted by Crippen LogP contribution is -2.38. The third-order valence-electron chi connectivity index (χ3n) is 4.34. The summed E-state index contributed by atoms with van der Waals surface area (Å²) >= 11 is 0. The lowest BCUT2D eigenvalue weighted by Gasteiger charge is -2.19. The molecule has 0 bridgehead atoms. The van der Waals surface area contributed by atoms with Crippen molar-refractivity contribution in [3.8, 4) is 0 Å². The van der Waals surface area contributed by atoms with Crippen LogP contribution in [0, 0.1) is 6.92 Å². The molecule has 2 aromatic rings. The van der Waals surface area contributed by atoms with Gasteiger partial charge in [-0.25, -0.2) is 4.79 Å². The Morgan fingerprint density at radius 1 is 1.14 bits per heavy atom. The van der Waals surface area contributed by atoms with Crippen molar-refractivity contribution in [3.05, 3.63) is 71.3 Å². The van der Waals surface area contributed by atoms with E-state index in [0.717, 1.165) is 6.42 Å². The van der Waals surface area contributed by atoms with E-state index in [1.165, 1.54) is 16.7 Å². The molecule has 0 spiro atoms. The molecule has 0 saturated heterocycles. The normalized spacial score (nSPS) is 19.5. The van der Waals surface area contributed by atoms with Crippen LogP contribution in [0.3, 0.4) is 0 Å². The minimum absolute atomic E-state index is 0.00619.